The van der Waals surface area contributed by atoms with Crippen LogP contribution in [-0.4, -0.2) is 35.0 Å². The van der Waals surface area contributed by atoms with Crippen LogP contribution in [0.25, 0.3) is 0 Å². The molecule has 0 radical (unpaired) electrons. The Morgan fingerprint density at radius 2 is 2.16 bits per heavy atom. The van der Waals surface area contributed by atoms with Gasteiger partial charge in [-0.2, -0.15) is 18.3 Å². The molecule has 0 saturated carbocycles. The second-order valence-electron chi connectivity index (χ2n) is 5.37. The second-order valence-corrected chi connectivity index (χ2v) is 5.77. The smallest absolute Gasteiger partial charge is 0.422 e. The van der Waals surface area contributed by atoms with Gasteiger partial charge in [0.25, 0.3) is 5.91 Å². The van der Waals surface area contributed by atoms with Crippen molar-refractivity contribution in [3.05, 3.63) is 46.7 Å². The molecular weight excluding hydrogens is 359 g/mol. The van der Waals surface area contributed by atoms with Gasteiger partial charge in [0.1, 0.15) is 5.75 Å². The summed E-state index contributed by atoms with van der Waals surface area (Å²) < 4.78 is 42.8. The standard InChI is InChI=1S/C16H17ClF3N3O2/c1-11-14(17)9-23(22-11)7-3-6-21-15(24)12-4-2-5-13(8-12)25-10-16(18,19)20/h2,4-5,8-9H,3,6-7,10H2,1H3,(H,21,24). The number of halogens is 4. The van der Waals surface area contributed by atoms with Crippen LogP contribution in [0.4, 0.5) is 13.2 Å². The van der Waals surface area contributed by atoms with Gasteiger partial charge < -0.3 is 10.1 Å². The van der Waals surface area contributed by atoms with Gasteiger partial charge in [-0.1, -0.05) is 17.7 Å². The highest BCUT2D eigenvalue weighted by Gasteiger charge is 2.28. The van der Waals surface area contributed by atoms with E-state index in [2.05, 4.69) is 15.2 Å². The molecule has 0 aliphatic rings. The summed E-state index contributed by atoms with van der Waals surface area (Å²) in [5.41, 5.74) is 0.971. The van der Waals surface area contributed by atoms with E-state index in [0.717, 1.165) is 5.69 Å². The Kier molecular flexibility index (Phi) is 6.30. The molecule has 1 aromatic heterocycles. The van der Waals surface area contributed by atoms with E-state index < -0.39 is 12.8 Å². The minimum absolute atomic E-state index is 0.00775. The lowest BCUT2D eigenvalue weighted by atomic mass is 10.2. The van der Waals surface area contributed by atoms with Crippen molar-refractivity contribution in [3.8, 4) is 5.75 Å². The van der Waals surface area contributed by atoms with Crippen LogP contribution >= 0.6 is 11.6 Å². The molecule has 0 aliphatic carbocycles. The molecule has 25 heavy (non-hydrogen) atoms. The molecule has 0 aliphatic heterocycles. The fraction of sp³-hybridized carbons (Fsp3) is 0.375. The average Bonchev–Trinajstić information content (AvgIpc) is 2.87. The summed E-state index contributed by atoms with van der Waals surface area (Å²) >= 11 is 5.91. The van der Waals surface area contributed by atoms with Gasteiger partial charge in [0.05, 0.1) is 10.7 Å². The lowest BCUT2D eigenvalue weighted by Crippen LogP contribution is -2.25. The van der Waals surface area contributed by atoms with Gasteiger partial charge in [-0.25, -0.2) is 0 Å². The number of hydrogen-bond acceptors (Lipinski definition) is 3. The zero-order valence-electron chi connectivity index (χ0n) is 13.4. The molecule has 0 unspecified atom stereocenters. The number of nitrogens with one attached hydrogen (secondary N) is 1. The lowest BCUT2D eigenvalue weighted by Gasteiger charge is -2.10. The number of benzene rings is 1. The summed E-state index contributed by atoms with van der Waals surface area (Å²) in [4.78, 5) is 12.0. The van der Waals surface area contributed by atoms with Crippen molar-refractivity contribution in [2.75, 3.05) is 13.2 Å². The summed E-state index contributed by atoms with van der Waals surface area (Å²) in [5.74, 6) is -0.390. The van der Waals surface area contributed by atoms with Gasteiger partial charge in [-0.05, 0) is 31.5 Å². The Balaban J connectivity index is 1.80. The first-order valence-corrected chi connectivity index (χ1v) is 7.90. The van der Waals surface area contributed by atoms with Gasteiger partial charge in [-0.3, -0.25) is 9.48 Å². The number of aryl methyl sites for hydroxylation is 2. The molecule has 0 atom stereocenters. The van der Waals surface area contributed by atoms with Crippen LogP contribution in [-0.2, 0) is 6.54 Å². The molecule has 1 N–H and O–H groups in total. The molecule has 9 heteroatoms. The molecule has 136 valence electrons. The second kappa shape index (κ2) is 8.24. The highest BCUT2D eigenvalue weighted by molar-refractivity contribution is 6.31. The first-order chi connectivity index (χ1) is 11.7. The van der Waals surface area contributed by atoms with Crippen LogP contribution in [0.2, 0.25) is 5.02 Å². The van der Waals surface area contributed by atoms with Crippen molar-refractivity contribution in [2.24, 2.45) is 0 Å². The highest BCUT2D eigenvalue weighted by atomic mass is 35.5. The van der Waals surface area contributed by atoms with Crippen molar-refractivity contribution in [2.45, 2.75) is 26.1 Å². The molecule has 0 fully saturated rings. The van der Waals surface area contributed by atoms with E-state index in [9.17, 15) is 18.0 Å². The van der Waals surface area contributed by atoms with Gasteiger partial charge in [0.2, 0.25) is 0 Å². The van der Waals surface area contributed by atoms with Gasteiger partial charge in [-0.15, -0.1) is 0 Å². The van der Waals surface area contributed by atoms with E-state index in [1.165, 1.54) is 24.3 Å². The van der Waals surface area contributed by atoms with Gasteiger partial charge in [0.15, 0.2) is 6.61 Å². The summed E-state index contributed by atoms with van der Waals surface area (Å²) in [7, 11) is 0. The molecule has 1 heterocycles. The third-order valence-electron chi connectivity index (χ3n) is 3.23. The number of alkyl halides is 3. The maximum atomic E-state index is 12.2. The highest BCUT2D eigenvalue weighted by Crippen LogP contribution is 2.19. The largest absolute Gasteiger partial charge is 0.484 e. The van der Waals surface area contributed by atoms with Crippen LogP contribution in [0.5, 0.6) is 5.75 Å². The van der Waals surface area contributed by atoms with E-state index in [1.807, 2.05) is 0 Å². The first-order valence-electron chi connectivity index (χ1n) is 7.52. The van der Waals surface area contributed by atoms with Crippen LogP contribution in [0.15, 0.2) is 30.5 Å². The fourth-order valence-electron chi connectivity index (χ4n) is 2.05. The van der Waals surface area contributed by atoms with E-state index in [4.69, 9.17) is 11.6 Å². The van der Waals surface area contributed by atoms with E-state index in [0.29, 0.717) is 24.5 Å². The number of ether oxygens (including phenoxy) is 1. The van der Waals surface area contributed by atoms with Crippen LogP contribution < -0.4 is 10.1 Å². The lowest BCUT2D eigenvalue weighted by molar-refractivity contribution is -0.153. The van der Waals surface area contributed by atoms with E-state index >= 15 is 0 Å². The first kappa shape index (κ1) is 19.1. The molecule has 0 saturated heterocycles. The topological polar surface area (TPSA) is 56.2 Å². The Hall–Kier alpha value is -2.22. The zero-order valence-corrected chi connectivity index (χ0v) is 14.2. The van der Waals surface area contributed by atoms with E-state index in [-0.39, 0.29) is 17.2 Å². The molecule has 0 bridgehead atoms. The van der Waals surface area contributed by atoms with Crippen LogP contribution in [0.3, 0.4) is 0 Å². The summed E-state index contributed by atoms with van der Waals surface area (Å²) in [6.07, 6.45) is -2.08. The SMILES string of the molecule is Cc1nn(CCCNC(=O)c2cccc(OCC(F)(F)F)c2)cc1Cl. The maximum Gasteiger partial charge on any atom is 0.422 e. The summed E-state index contributed by atoms with van der Waals surface area (Å²) in [6, 6.07) is 5.62. The van der Waals surface area contributed by atoms with Gasteiger partial charge in [0, 0.05) is 24.8 Å². The number of carbonyl (C=O) groups is 1. The average molecular weight is 376 g/mol. The normalized spacial score (nSPS) is 11.4. The molecule has 1 amide bonds. The fourth-order valence-corrected chi connectivity index (χ4v) is 2.20. The minimum Gasteiger partial charge on any atom is -0.484 e. The van der Waals surface area contributed by atoms with Crippen molar-refractivity contribution in [1.29, 1.82) is 0 Å². The molecule has 0 spiro atoms. The molecule has 5 nitrogen and oxygen atoms in total. The molecule has 1 aromatic carbocycles. The van der Waals surface area contributed by atoms with E-state index in [1.54, 1.807) is 17.8 Å². The number of rotatable bonds is 7. The Labute approximate surface area is 147 Å². The Bertz CT molecular complexity index is 712. The number of amides is 1. The van der Waals surface area contributed by atoms with Crippen LogP contribution in [0, 0.1) is 6.92 Å². The van der Waals surface area contributed by atoms with Crippen molar-refractivity contribution in [3.63, 3.8) is 0 Å². The summed E-state index contributed by atoms with van der Waals surface area (Å²) in [6.45, 7) is 1.38. The number of carbonyl (C=O) groups excluding carboxylic acids is 1. The number of nitrogens with zero attached hydrogens (tertiary/aromatic N) is 2. The maximum absolute atomic E-state index is 12.2. The monoisotopic (exact) mass is 375 g/mol. The minimum atomic E-state index is -4.42. The summed E-state index contributed by atoms with van der Waals surface area (Å²) in [5, 5.41) is 7.48. The third-order valence-corrected chi connectivity index (χ3v) is 3.61. The zero-order chi connectivity index (χ0) is 18.4. The van der Waals surface area contributed by atoms with Crippen LogP contribution in [0.1, 0.15) is 22.5 Å². The number of hydrogen-bond donors (Lipinski definition) is 1. The molecule has 2 aromatic rings. The Morgan fingerprint density at radius 1 is 1.40 bits per heavy atom. The predicted molar refractivity (Wildman–Crippen MR) is 86.9 cm³/mol. The Morgan fingerprint density at radius 3 is 2.80 bits per heavy atom. The predicted octanol–water partition coefficient (Wildman–Crippen LogP) is 3.61. The molecule has 2 rings (SSSR count). The number of aromatic nitrogens is 2. The third kappa shape index (κ3) is 6.30. The molecular formula is C16H17ClF3N3O2. The quantitative estimate of drug-likeness (QED) is 0.752. The van der Waals surface area contributed by atoms with Crippen molar-refractivity contribution < 1.29 is 22.7 Å². The van der Waals surface area contributed by atoms with Gasteiger partial charge >= 0.3 is 6.18 Å². The van der Waals surface area contributed by atoms with Crippen molar-refractivity contribution >= 4 is 17.5 Å². The van der Waals surface area contributed by atoms with Crippen molar-refractivity contribution in [1.82, 2.24) is 15.1 Å².